The maximum atomic E-state index is 12.1. The Morgan fingerprint density at radius 3 is 3.17 bits per heavy atom. The van der Waals surface area contributed by atoms with Gasteiger partial charge in [0, 0.05) is 17.8 Å². The van der Waals surface area contributed by atoms with Crippen molar-refractivity contribution in [2.75, 3.05) is 11.9 Å². The van der Waals surface area contributed by atoms with Crippen LogP contribution in [0.25, 0.3) is 10.8 Å². The first-order valence-electron chi connectivity index (χ1n) is 6.21. The molecule has 1 aromatic heterocycles. The normalized spacial score (nSPS) is 19.0. The Morgan fingerprint density at radius 1 is 1.39 bits per heavy atom. The van der Waals surface area contributed by atoms with Crippen LogP contribution in [0.15, 0.2) is 36.7 Å². The second-order valence-electron chi connectivity index (χ2n) is 4.54. The number of hydrogen-bond donors (Lipinski definition) is 2. The first-order valence-corrected chi connectivity index (χ1v) is 6.21. The van der Waals surface area contributed by atoms with E-state index in [4.69, 9.17) is 0 Å². The SMILES string of the molecule is O=C(Nc1cccc2ccncc12)[C@H]1CCCN1. The summed E-state index contributed by atoms with van der Waals surface area (Å²) in [6, 6.07) is 7.76. The number of pyridine rings is 1. The van der Waals surface area contributed by atoms with E-state index in [1.807, 2.05) is 24.3 Å². The molecular formula is C14H15N3O. The Hall–Kier alpha value is -1.94. The predicted molar refractivity (Wildman–Crippen MR) is 71.4 cm³/mol. The van der Waals surface area contributed by atoms with Crippen LogP contribution in [0.2, 0.25) is 0 Å². The number of rotatable bonds is 2. The molecule has 1 aliphatic rings. The van der Waals surface area contributed by atoms with Gasteiger partial charge in [-0.25, -0.2) is 0 Å². The summed E-state index contributed by atoms with van der Waals surface area (Å²) < 4.78 is 0. The highest BCUT2D eigenvalue weighted by atomic mass is 16.2. The van der Waals surface area contributed by atoms with Crippen LogP contribution < -0.4 is 10.6 Å². The largest absolute Gasteiger partial charge is 0.324 e. The van der Waals surface area contributed by atoms with E-state index in [2.05, 4.69) is 15.6 Å². The average molecular weight is 241 g/mol. The zero-order valence-corrected chi connectivity index (χ0v) is 10.0. The van der Waals surface area contributed by atoms with E-state index in [1.54, 1.807) is 12.4 Å². The minimum Gasteiger partial charge on any atom is -0.324 e. The van der Waals surface area contributed by atoms with Crippen molar-refractivity contribution in [2.45, 2.75) is 18.9 Å². The lowest BCUT2D eigenvalue weighted by Crippen LogP contribution is -2.35. The summed E-state index contributed by atoms with van der Waals surface area (Å²) in [5.41, 5.74) is 0.833. The Labute approximate surface area is 105 Å². The lowest BCUT2D eigenvalue weighted by Gasteiger charge is -2.12. The van der Waals surface area contributed by atoms with Crippen molar-refractivity contribution in [3.05, 3.63) is 36.7 Å². The van der Waals surface area contributed by atoms with E-state index < -0.39 is 0 Å². The average Bonchev–Trinajstić information content (AvgIpc) is 2.93. The van der Waals surface area contributed by atoms with E-state index in [1.165, 1.54) is 0 Å². The van der Waals surface area contributed by atoms with Gasteiger partial charge in [0.1, 0.15) is 0 Å². The maximum Gasteiger partial charge on any atom is 0.241 e. The van der Waals surface area contributed by atoms with Gasteiger partial charge in [0.05, 0.1) is 11.7 Å². The molecule has 2 N–H and O–H groups in total. The molecule has 18 heavy (non-hydrogen) atoms. The molecule has 0 saturated carbocycles. The minimum atomic E-state index is -0.0584. The lowest BCUT2D eigenvalue weighted by molar-refractivity contribution is -0.117. The molecule has 4 heteroatoms. The Bertz CT molecular complexity index is 571. The van der Waals surface area contributed by atoms with E-state index in [9.17, 15) is 4.79 Å². The van der Waals surface area contributed by atoms with Crippen LogP contribution in [0, 0.1) is 0 Å². The van der Waals surface area contributed by atoms with Crippen LogP contribution in [-0.4, -0.2) is 23.5 Å². The summed E-state index contributed by atoms with van der Waals surface area (Å²) in [6.07, 6.45) is 5.52. The number of benzene rings is 1. The standard InChI is InChI=1S/C14H15N3O/c18-14(13-5-2-7-16-13)17-12-4-1-3-10-6-8-15-9-11(10)12/h1,3-4,6,8-9,13,16H,2,5,7H2,(H,17,18)/t13-/m1/s1. The molecule has 3 rings (SSSR count). The van der Waals surface area contributed by atoms with Gasteiger partial charge in [-0.2, -0.15) is 0 Å². The van der Waals surface area contributed by atoms with Crippen molar-refractivity contribution in [2.24, 2.45) is 0 Å². The molecule has 1 atom stereocenters. The van der Waals surface area contributed by atoms with E-state index in [0.717, 1.165) is 35.8 Å². The number of anilines is 1. The number of hydrogen-bond acceptors (Lipinski definition) is 3. The Morgan fingerprint density at radius 2 is 2.33 bits per heavy atom. The minimum absolute atomic E-state index is 0.0452. The number of fused-ring (bicyclic) bond motifs is 1. The van der Waals surface area contributed by atoms with Crippen LogP contribution in [-0.2, 0) is 4.79 Å². The van der Waals surface area contributed by atoms with Gasteiger partial charge in [-0.1, -0.05) is 12.1 Å². The summed E-state index contributed by atoms with van der Waals surface area (Å²) in [6.45, 7) is 0.926. The first-order chi connectivity index (χ1) is 8.84. The number of aromatic nitrogens is 1. The zero-order valence-electron chi connectivity index (χ0n) is 10.0. The molecule has 0 aliphatic carbocycles. The van der Waals surface area contributed by atoms with Crippen LogP contribution in [0.1, 0.15) is 12.8 Å². The monoisotopic (exact) mass is 241 g/mol. The third-order valence-corrected chi connectivity index (χ3v) is 3.32. The molecule has 1 aliphatic heterocycles. The summed E-state index contributed by atoms with van der Waals surface area (Å²) in [5.74, 6) is 0.0452. The molecule has 2 aromatic rings. The third-order valence-electron chi connectivity index (χ3n) is 3.32. The summed E-state index contributed by atoms with van der Waals surface area (Å²) in [7, 11) is 0. The fourth-order valence-corrected chi connectivity index (χ4v) is 2.35. The second kappa shape index (κ2) is 4.74. The van der Waals surface area contributed by atoms with Gasteiger partial charge >= 0.3 is 0 Å². The molecule has 1 aromatic carbocycles. The van der Waals surface area contributed by atoms with Gasteiger partial charge in [-0.3, -0.25) is 9.78 Å². The van der Waals surface area contributed by atoms with Gasteiger partial charge in [-0.05, 0) is 36.9 Å². The molecule has 1 amide bonds. The van der Waals surface area contributed by atoms with Crippen LogP contribution in [0.5, 0.6) is 0 Å². The fourth-order valence-electron chi connectivity index (χ4n) is 2.35. The molecule has 0 bridgehead atoms. The van der Waals surface area contributed by atoms with Crippen molar-refractivity contribution >= 4 is 22.4 Å². The second-order valence-corrected chi connectivity index (χ2v) is 4.54. The van der Waals surface area contributed by atoms with Crippen LogP contribution in [0.3, 0.4) is 0 Å². The molecule has 4 nitrogen and oxygen atoms in total. The maximum absolute atomic E-state index is 12.1. The highest BCUT2D eigenvalue weighted by Gasteiger charge is 2.22. The van der Waals surface area contributed by atoms with E-state index in [0.29, 0.717) is 0 Å². The van der Waals surface area contributed by atoms with Gasteiger partial charge in [0.2, 0.25) is 5.91 Å². The summed E-state index contributed by atoms with van der Waals surface area (Å²) in [4.78, 5) is 16.2. The van der Waals surface area contributed by atoms with Crippen molar-refractivity contribution < 1.29 is 4.79 Å². The predicted octanol–water partition coefficient (Wildman–Crippen LogP) is 1.93. The van der Waals surface area contributed by atoms with E-state index >= 15 is 0 Å². The van der Waals surface area contributed by atoms with E-state index in [-0.39, 0.29) is 11.9 Å². The Balaban J connectivity index is 1.88. The highest BCUT2D eigenvalue weighted by Crippen LogP contribution is 2.22. The number of nitrogens with zero attached hydrogens (tertiary/aromatic N) is 1. The van der Waals surface area contributed by atoms with Crippen LogP contribution >= 0.6 is 0 Å². The molecular weight excluding hydrogens is 226 g/mol. The van der Waals surface area contributed by atoms with Gasteiger partial charge in [-0.15, -0.1) is 0 Å². The topological polar surface area (TPSA) is 54.0 Å². The number of carbonyl (C=O) groups excluding carboxylic acids is 1. The molecule has 2 heterocycles. The van der Waals surface area contributed by atoms with Crippen molar-refractivity contribution in [3.8, 4) is 0 Å². The smallest absolute Gasteiger partial charge is 0.241 e. The number of nitrogens with one attached hydrogen (secondary N) is 2. The van der Waals surface area contributed by atoms with Gasteiger partial charge in [0.25, 0.3) is 0 Å². The third kappa shape index (κ3) is 2.07. The summed E-state index contributed by atoms with van der Waals surface area (Å²) >= 11 is 0. The summed E-state index contributed by atoms with van der Waals surface area (Å²) in [5, 5.41) is 8.25. The van der Waals surface area contributed by atoms with Crippen molar-refractivity contribution in [3.63, 3.8) is 0 Å². The van der Waals surface area contributed by atoms with Crippen LogP contribution in [0.4, 0.5) is 5.69 Å². The molecule has 1 fully saturated rings. The zero-order chi connectivity index (χ0) is 12.4. The quantitative estimate of drug-likeness (QED) is 0.844. The van der Waals surface area contributed by atoms with Gasteiger partial charge < -0.3 is 10.6 Å². The highest BCUT2D eigenvalue weighted by molar-refractivity contribution is 6.03. The number of carbonyl (C=O) groups is 1. The lowest BCUT2D eigenvalue weighted by atomic mass is 10.1. The molecule has 1 saturated heterocycles. The number of amides is 1. The molecule has 0 unspecified atom stereocenters. The van der Waals surface area contributed by atoms with Crippen molar-refractivity contribution in [1.29, 1.82) is 0 Å². The molecule has 92 valence electrons. The van der Waals surface area contributed by atoms with Gasteiger partial charge in [0.15, 0.2) is 0 Å². The molecule has 0 spiro atoms. The Kier molecular flexibility index (Phi) is 2.94. The molecule has 0 radical (unpaired) electrons. The van der Waals surface area contributed by atoms with Crippen molar-refractivity contribution in [1.82, 2.24) is 10.3 Å². The fraction of sp³-hybridized carbons (Fsp3) is 0.286. The first kappa shape index (κ1) is 11.2.